The maximum Gasteiger partial charge on any atom is 0.162 e. The van der Waals surface area contributed by atoms with Crippen molar-refractivity contribution in [2.75, 3.05) is 13.2 Å². The van der Waals surface area contributed by atoms with Crippen molar-refractivity contribution >= 4 is 5.78 Å². The van der Waals surface area contributed by atoms with E-state index in [4.69, 9.17) is 9.47 Å². The topological polar surface area (TPSA) is 35.5 Å². The number of carbonyl (C=O) groups excluding carboxylic acids is 1. The van der Waals surface area contributed by atoms with Gasteiger partial charge in [-0.15, -0.1) is 0 Å². The molecule has 1 aromatic carbocycles. The molecule has 0 bridgehead atoms. The highest BCUT2D eigenvalue weighted by Gasteiger charge is 2.27. The molecule has 0 amide bonds. The summed E-state index contributed by atoms with van der Waals surface area (Å²) in [4.78, 5) is 12.3. The molecule has 1 fully saturated rings. The molecule has 0 aromatic heterocycles. The van der Waals surface area contributed by atoms with E-state index < -0.39 is 0 Å². The molecular weight excluding hydrogens is 324 g/mol. The van der Waals surface area contributed by atoms with E-state index >= 15 is 0 Å². The summed E-state index contributed by atoms with van der Waals surface area (Å²) in [6.07, 6.45) is 9.48. The van der Waals surface area contributed by atoms with E-state index in [9.17, 15) is 4.79 Å². The molecule has 1 aliphatic rings. The van der Waals surface area contributed by atoms with Crippen LogP contribution in [-0.2, 0) is 15.9 Å². The zero-order chi connectivity index (χ0) is 18.8. The highest BCUT2D eigenvalue weighted by atomic mass is 16.7. The summed E-state index contributed by atoms with van der Waals surface area (Å²) in [6, 6.07) is 8.22. The molecule has 0 saturated carbocycles. The lowest BCUT2D eigenvalue weighted by Gasteiger charge is -2.34. The maximum absolute atomic E-state index is 12.3. The van der Waals surface area contributed by atoms with Gasteiger partial charge in [-0.25, -0.2) is 0 Å². The standard InChI is InChI=1S/C23H36O3/c1-4-5-6-7-10-19-13-15-20(16-14-19)21(24)11-8-9-12-22-25-17-23(2,3)18-26-22/h13-16,22H,4-12,17-18H2,1-3H3. The van der Waals surface area contributed by atoms with Crippen LogP contribution in [0.1, 0.15) is 88.1 Å². The van der Waals surface area contributed by atoms with E-state index in [1.54, 1.807) is 0 Å². The molecular formula is C23H36O3. The molecule has 0 unspecified atom stereocenters. The fourth-order valence-electron chi connectivity index (χ4n) is 3.25. The van der Waals surface area contributed by atoms with E-state index in [2.05, 4.69) is 32.9 Å². The lowest BCUT2D eigenvalue weighted by Crippen LogP contribution is -2.37. The van der Waals surface area contributed by atoms with Crippen LogP contribution < -0.4 is 0 Å². The van der Waals surface area contributed by atoms with Gasteiger partial charge in [-0.3, -0.25) is 4.79 Å². The predicted molar refractivity (Wildman–Crippen MR) is 107 cm³/mol. The fourth-order valence-corrected chi connectivity index (χ4v) is 3.25. The Labute approximate surface area is 159 Å². The van der Waals surface area contributed by atoms with Crippen molar-refractivity contribution in [3.05, 3.63) is 35.4 Å². The first kappa shape index (κ1) is 21.1. The number of ether oxygens (including phenoxy) is 2. The monoisotopic (exact) mass is 360 g/mol. The Bertz CT molecular complexity index is 523. The Morgan fingerprint density at radius 2 is 1.69 bits per heavy atom. The van der Waals surface area contributed by atoms with Gasteiger partial charge in [0.05, 0.1) is 13.2 Å². The Kier molecular flexibility index (Phi) is 8.80. The van der Waals surface area contributed by atoms with Crippen LogP contribution in [0, 0.1) is 5.41 Å². The minimum absolute atomic E-state index is 0.0925. The van der Waals surface area contributed by atoms with Crippen LogP contribution in [0.15, 0.2) is 24.3 Å². The number of ketones is 1. The maximum atomic E-state index is 12.3. The van der Waals surface area contributed by atoms with Crippen molar-refractivity contribution in [1.82, 2.24) is 0 Å². The van der Waals surface area contributed by atoms with E-state index in [1.165, 1.54) is 31.2 Å². The highest BCUT2D eigenvalue weighted by molar-refractivity contribution is 5.96. The first-order chi connectivity index (χ1) is 12.5. The summed E-state index contributed by atoms with van der Waals surface area (Å²) >= 11 is 0. The molecule has 3 heteroatoms. The molecule has 1 aromatic rings. The van der Waals surface area contributed by atoms with Gasteiger partial charge in [0.2, 0.25) is 0 Å². The molecule has 0 aliphatic carbocycles. The molecule has 26 heavy (non-hydrogen) atoms. The quantitative estimate of drug-likeness (QED) is 0.361. The second-order valence-electron chi connectivity index (χ2n) is 8.39. The fraction of sp³-hybridized carbons (Fsp3) is 0.696. The molecule has 0 atom stereocenters. The molecule has 3 nitrogen and oxygen atoms in total. The first-order valence-corrected chi connectivity index (χ1v) is 10.4. The van der Waals surface area contributed by atoms with Crippen molar-refractivity contribution in [3.8, 4) is 0 Å². The second kappa shape index (κ2) is 10.8. The average molecular weight is 361 g/mol. The van der Waals surface area contributed by atoms with Crippen LogP contribution in [0.4, 0.5) is 0 Å². The van der Waals surface area contributed by atoms with Gasteiger partial charge >= 0.3 is 0 Å². The van der Waals surface area contributed by atoms with Crippen molar-refractivity contribution in [2.45, 2.75) is 84.8 Å². The smallest absolute Gasteiger partial charge is 0.162 e. The Hall–Kier alpha value is -1.19. The van der Waals surface area contributed by atoms with Crippen molar-refractivity contribution < 1.29 is 14.3 Å². The van der Waals surface area contributed by atoms with Gasteiger partial charge in [0, 0.05) is 17.4 Å². The van der Waals surface area contributed by atoms with Crippen LogP contribution in [0.2, 0.25) is 0 Å². The van der Waals surface area contributed by atoms with Crippen molar-refractivity contribution in [3.63, 3.8) is 0 Å². The number of hydrogen-bond acceptors (Lipinski definition) is 3. The van der Waals surface area contributed by atoms with Crippen LogP contribution >= 0.6 is 0 Å². The number of hydrogen-bond donors (Lipinski definition) is 0. The normalized spacial score (nSPS) is 17.3. The van der Waals surface area contributed by atoms with Crippen molar-refractivity contribution in [1.29, 1.82) is 0 Å². The zero-order valence-corrected chi connectivity index (χ0v) is 16.9. The summed E-state index contributed by atoms with van der Waals surface area (Å²) in [5.74, 6) is 0.245. The largest absolute Gasteiger partial charge is 0.352 e. The van der Waals surface area contributed by atoms with E-state index in [0.29, 0.717) is 6.42 Å². The molecule has 0 N–H and O–H groups in total. The predicted octanol–water partition coefficient (Wildman–Crippen LogP) is 5.95. The molecule has 0 radical (unpaired) electrons. The Balaban J connectivity index is 1.62. The number of aryl methyl sites for hydroxylation is 1. The van der Waals surface area contributed by atoms with Crippen LogP contribution in [-0.4, -0.2) is 25.3 Å². The van der Waals surface area contributed by atoms with Gasteiger partial charge in [0.25, 0.3) is 0 Å². The van der Waals surface area contributed by atoms with Gasteiger partial charge in [-0.1, -0.05) is 64.3 Å². The SMILES string of the molecule is CCCCCCc1ccc(C(=O)CCCCC2OCC(C)(C)CO2)cc1. The second-order valence-corrected chi connectivity index (χ2v) is 8.39. The molecule has 1 saturated heterocycles. The lowest BCUT2D eigenvalue weighted by molar-refractivity contribution is -0.224. The van der Waals surface area contributed by atoms with E-state index in [1.807, 2.05) is 12.1 Å². The summed E-state index contributed by atoms with van der Waals surface area (Å²) in [5.41, 5.74) is 2.30. The Morgan fingerprint density at radius 1 is 1.00 bits per heavy atom. The number of rotatable bonds is 11. The third kappa shape index (κ3) is 7.59. The van der Waals surface area contributed by atoms with E-state index in [-0.39, 0.29) is 17.5 Å². The van der Waals surface area contributed by atoms with Crippen LogP contribution in [0.25, 0.3) is 0 Å². The average Bonchev–Trinajstić information content (AvgIpc) is 2.64. The summed E-state index contributed by atoms with van der Waals surface area (Å²) < 4.78 is 11.5. The number of carbonyl (C=O) groups is 1. The number of unbranched alkanes of at least 4 members (excludes halogenated alkanes) is 4. The third-order valence-electron chi connectivity index (χ3n) is 5.01. The molecule has 2 rings (SSSR count). The van der Waals surface area contributed by atoms with Gasteiger partial charge in [0.15, 0.2) is 12.1 Å². The molecule has 1 heterocycles. The van der Waals surface area contributed by atoms with Gasteiger partial charge in [0.1, 0.15) is 0 Å². The molecule has 1 aliphatic heterocycles. The third-order valence-corrected chi connectivity index (χ3v) is 5.01. The van der Waals surface area contributed by atoms with Gasteiger partial charge < -0.3 is 9.47 Å². The lowest BCUT2D eigenvalue weighted by atomic mass is 9.95. The molecule has 0 spiro atoms. The molecule has 146 valence electrons. The minimum Gasteiger partial charge on any atom is -0.352 e. The summed E-state index contributed by atoms with van der Waals surface area (Å²) in [7, 11) is 0. The van der Waals surface area contributed by atoms with Gasteiger partial charge in [-0.2, -0.15) is 0 Å². The number of benzene rings is 1. The highest BCUT2D eigenvalue weighted by Crippen LogP contribution is 2.25. The van der Waals surface area contributed by atoms with Crippen LogP contribution in [0.3, 0.4) is 0 Å². The van der Waals surface area contributed by atoms with Gasteiger partial charge in [-0.05, 0) is 37.7 Å². The number of Topliss-reactive ketones (excluding diaryl/α,β-unsaturated/α-hetero) is 1. The van der Waals surface area contributed by atoms with Crippen LogP contribution in [0.5, 0.6) is 0 Å². The Morgan fingerprint density at radius 3 is 2.35 bits per heavy atom. The summed E-state index contributed by atoms with van der Waals surface area (Å²) in [6.45, 7) is 8.04. The van der Waals surface area contributed by atoms with Crippen molar-refractivity contribution in [2.24, 2.45) is 5.41 Å². The summed E-state index contributed by atoms with van der Waals surface area (Å²) in [5, 5.41) is 0. The van der Waals surface area contributed by atoms with E-state index in [0.717, 1.165) is 44.5 Å². The first-order valence-electron chi connectivity index (χ1n) is 10.4. The zero-order valence-electron chi connectivity index (χ0n) is 16.9. The minimum atomic E-state index is -0.0925.